The molecule has 0 aromatic heterocycles. The maximum Gasteiger partial charge on any atom is 0.311 e. The van der Waals surface area contributed by atoms with Gasteiger partial charge in [-0.15, -0.1) is 0 Å². The summed E-state index contributed by atoms with van der Waals surface area (Å²) >= 11 is 5.91. The van der Waals surface area contributed by atoms with Gasteiger partial charge in [-0.05, 0) is 31.0 Å². The Balaban J connectivity index is 2.11. The summed E-state index contributed by atoms with van der Waals surface area (Å²) < 4.78 is 5.15. The monoisotopic (exact) mass is 325 g/mol. The maximum absolute atomic E-state index is 12.3. The first-order valence-corrected chi connectivity index (χ1v) is 7.71. The van der Waals surface area contributed by atoms with Crippen molar-refractivity contribution in [1.82, 2.24) is 5.32 Å². The first kappa shape index (κ1) is 16.6. The molecule has 22 heavy (non-hydrogen) atoms. The minimum Gasteiger partial charge on any atom is -0.496 e. The molecule has 1 saturated carbocycles. The van der Waals surface area contributed by atoms with Crippen molar-refractivity contribution < 1.29 is 19.4 Å². The molecule has 6 heteroatoms. The molecule has 1 aliphatic rings. The smallest absolute Gasteiger partial charge is 0.311 e. The van der Waals surface area contributed by atoms with E-state index >= 15 is 0 Å². The lowest BCUT2D eigenvalue weighted by Crippen LogP contribution is -2.44. The van der Waals surface area contributed by atoms with Crippen molar-refractivity contribution >= 4 is 23.5 Å². The number of nitrogens with one attached hydrogen (secondary N) is 1. The van der Waals surface area contributed by atoms with E-state index in [2.05, 4.69) is 5.32 Å². The number of amides is 1. The summed E-state index contributed by atoms with van der Waals surface area (Å²) in [6.45, 7) is 0.122. The lowest BCUT2D eigenvalue weighted by atomic mass is 9.74. The molecule has 1 aromatic rings. The fourth-order valence-electron chi connectivity index (χ4n) is 2.90. The molecule has 0 radical (unpaired) electrons. The Morgan fingerprint density at radius 3 is 2.59 bits per heavy atom. The average molecular weight is 326 g/mol. The maximum atomic E-state index is 12.3. The number of carbonyl (C=O) groups excluding carboxylic acids is 1. The molecular weight excluding hydrogens is 306 g/mol. The number of methoxy groups -OCH3 is 1. The predicted octanol–water partition coefficient (Wildman–Crippen LogP) is 3.11. The van der Waals surface area contributed by atoms with E-state index < -0.39 is 11.4 Å². The third kappa shape index (κ3) is 3.53. The number of hydrogen-bond acceptors (Lipinski definition) is 3. The summed E-state index contributed by atoms with van der Waals surface area (Å²) in [5.74, 6) is -0.800. The fraction of sp³-hybridized carbons (Fsp3) is 0.500. The Morgan fingerprint density at radius 2 is 2.00 bits per heavy atom. The first-order valence-electron chi connectivity index (χ1n) is 7.34. The van der Waals surface area contributed by atoms with Crippen LogP contribution in [0.2, 0.25) is 5.02 Å². The normalized spacial score (nSPS) is 16.8. The van der Waals surface area contributed by atoms with Crippen LogP contribution in [0.5, 0.6) is 5.75 Å². The summed E-state index contributed by atoms with van der Waals surface area (Å²) in [6.07, 6.45) is 3.99. The van der Waals surface area contributed by atoms with Crippen molar-refractivity contribution in [3.63, 3.8) is 0 Å². The third-order valence-electron chi connectivity index (χ3n) is 4.26. The van der Waals surface area contributed by atoms with E-state index in [0.717, 1.165) is 19.3 Å². The van der Waals surface area contributed by atoms with Gasteiger partial charge in [-0.2, -0.15) is 0 Å². The van der Waals surface area contributed by atoms with Crippen molar-refractivity contribution in [2.45, 2.75) is 32.1 Å². The number of carboxylic acid groups (broad SMARTS) is 1. The molecule has 0 aliphatic heterocycles. The Hall–Kier alpha value is -1.75. The highest BCUT2D eigenvalue weighted by Gasteiger charge is 2.39. The van der Waals surface area contributed by atoms with Gasteiger partial charge >= 0.3 is 5.97 Å². The molecule has 0 spiro atoms. The van der Waals surface area contributed by atoms with Gasteiger partial charge in [-0.1, -0.05) is 30.9 Å². The van der Waals surface area contributed by atoms with Crippen molar-refractivity contribution in [1.29, 1.82) is 0 Å². The fourth-order valence-corrected chi connectivity index (χ4v) is 3.07. The topological polar surface area (TPSA) is 75.6 Å². The summed E-state index contributed by atoms with van der Waals surface area (Å²) in [5.41, 5.74) is -0.550. The predicted molar refractivity (Wildman–Crippen MR) is 83.5 cm³/mol. The second kappa shape index (κ2) is 7.01. The van der Waals surface area contributed by atoms with Crippen molar-refractivity contribution in [2.75, 3.05) is 13.7 Å². The first-order chi connectivity index (χ1) is 10.5. The van der Waals surface area contributed by atoms with Gasteiger partial charge in [0.1, 0.15) is 5.75 Å². The van der Waals surface area contributed by atoms with Crippen molar-refractivity contribution in [2.24, 2.45) is 5.41 Å². The minimum absolute atomic E-state index is 0.122. The zero-order chi connectivity index (χ0) is 16.2. The van der Waals surface area contributed by atoms with Gasteiger partial charge in [0.05, 0.1) is 18.1 Å². The second-order valence-electron chi connectivity index (χ2n) is 5.67. The van der Waals surface area contributed by atoms with E-state index in [0.29, 0.717) is 29.2 Å². The zero-order valence-corrected chi connectivity index (χ0v) is 13.3. The number of carboxylic acids is 1. The molecule has 0 unspecified atom stereocenters. The van der Waals surface area contributed by atoms with Crippen LogP contribution in [0.25, 0.3) is 0 Å². The molecule has 2 N–H and O–H groups in total. The van der Waals surface area contributed by atoms with Crippen LogP contribution in [0.1, 0.15) is 42.5 Å². The Labute approximate surface area is 134 Å². The highest BCUT2D eigenvalue weighted by molar-refractivity contribution is 6.31. The van der Waals surface area contributed by atoms with Gasteiger partial charge in [0.15, 0.2) is 0 Å². The minimum atomic E-state index is -0.861. The molecule has 120 valence electrons. The molecule has 1 amide bonds. The van der Waals surface area contributed by atoms with E-state index in [4.69, 9.17) is 16.3 Å². The number of aliphatic carboxylic acids is 1. The van der Waals surface area contributed by atoms with Crippen LogP contribution in [-0.2, 0) is 4.79 Å². The highest BCUT2D eigenvalue weighted by Crippen LogP contribution is 2.36. The van der Waals surface area contributed by atoms with E-state index in [1.54, 1.807) is 12.1 Å². The van der Waals surface area contributed by atoms with Gasteiger partial charge < -0.3 is 15.2 Å². The summed E-state index contributed by atoms with van der Waals surface area (Å²) in [5, 5.41) is 12.7. The summed E-state index contributed by atoms with van der Waals surface area (Å²) in [7, 11) is 1.47. The SMILES string of the molecule is COc1ccc(Cl)cc1C(=O)NCC1(C(=O)O)CCCCC1. The second-order valence-corrected chi connectivity index (χ2v) is 6.11. The van der Waals surface area contributed by atoms with Gasteiger partial charge in [-0.3, -0.25) is 9.59 Å². The summed E-state index contributed by atoms with van der Waals surface area (Å²) in [6, 6.07) is 4.77. The molecule has 1 aliphatic carbocycles. The number of rotatable bonds is 5. The highest BCUT2D eigenvalue weighted by atomic mass is 35.5. The number of carbonyl (C=O) groups is 2. The lowest BCUT2D eigenvalue weighted by Gasteiger charge is -2.33. The number of halogens is 1. The quantitative estimate of drug-likeness (QED) is 0.872. The number of hydrogen-bond donors (Lipinski definition) is 2. The van der Waals surface area contributed by atoms with Crippen LogP contribution in [0.4, 0.5) is 0 Å². The van der Waals surface area contributed by atoms with Gasteiger partial charge in [0, 0.05) is 11.6 Å². The van der Waals surface area contributed by atoms with Gasteiger partial charge in [-0.25, -0.2) is 0 Å². The van der Waals surface area contributed by atoms with Crippen LogP contribution >= 0.6 is 11.6 Å². The van der Waals surface area contributed by atoms with Gasteiger partial charge in [0.2, 0.25) is 0 Å². The standard InChI is InChI=1S/C16H20ClNO4/c1-22-13-6-5-11(17)9-12(13)14(19)18-10-16(15(20)21)7-3-2-4-8-16/h5-6,9H,2-4,7-8,10H2,1H3,(H,18,19)(H,20,21). The Bertz CT molecular complexity index is 567. The van der Waals surface area contributed by atoms with E-state index in [-0.39, 0.29) is 12.5 Å². The van der Waals surface area contributed by atoms with Crippen molar-refractivity contribution in [3.8, 4) is 5.75 Å². The molecule has 0 heterocycles. The molecule has 1 fully saturated rings. The lowest BCUT2D eigenvalue weighted by molar-refractivity contribution is -0.150. The van der Waals surface area contributed by atoms with Gasteiger partial charge in [0.25, 0.3) is 5.91 Å². The van der Waals surface area contributed by atoms with E-state index in [1.807, 2.05) is 0 Å². The molecule has 5 nitrogen and oxygen atoms in total. The third-order valence-corrected chi connectivity index (χ3v) is 4.49. The molecule has 0 atom stereocenters. The molecule has 2 rings (SSSR count). The van der Waals surface area contributed by atoms with E-state index in [9.17, 15) is 14.7 Å². The molecule has 1 aromatic carbocycles. The number of ether oxygens (including phenoxy) is 1. The molecule has 0 bridgehead atoms. The van der Waals surface area contributed by atoms with Crippen LogP contribution in [0.15, 0.2) is 18.2 Å². The van der Waals surface area contributed by atoms with Crippen LogP contribution in [-0.4, -0.2) is 30.6 Å². The van der Waals surface area contributed by atoms with Crippen LogP contribution < -0.4 is 10.1 Å². The largest absolute Gasteiger partial charge is 0.496 e. The Kier molecular flexibility index (Phi) is 5.29. The molecule has 0 saturated heterocycles. The molecular formula is C16H20ClNO4. The zero-order valence-electron chi connectivity index (χ0n) is 12.5. The Morgan fingerprint density at radius 1 is 1.32 bits per heavy atom. The van der Waals surface area contributed by atoms with Crippen LogP contribution in [0.3, 0.4) is 0 Å². The van der Waals surface area contributed by atoms with Crippen LogP contribution in [0, 0.1) is 5.41 Å². The van der Waals surface area contributed by atoms with Crippen molar-refractivity contribution in [3.05, 3.63) is 28.8 Å². The van der Waals surface area contributed by atoms with E-state index in [1.165, 1.54) is 13.2 Å². The summed E-state index contributed by atoms with van der Waals surface area (Å²) in [4.78, 5) is 23.9. The number of benzene rings is 1. The average Bonchev–Trinajstić information content (AvgIpc) is 2.53.